The van der Waals surface area contributed by atoms with Crippen molar-refractivity contribution >= 4 is 11.9 Å². The fraction of sp³-hybridized carbons (Fsp3) is 0.897. The molecule has 0 aliphatic heterocycles. The molecule has 1 amide bonds. The molecule has 0 rings (SSSR count). The zero-order valence-electron chi connectivity index (χ0n) is 43.0. The summed E-state index contributed by atoms with van der Waals surface area (Å²) < 4.78 is 5.47. The fourth-order valence-electron chi connectivity index (χ4n) is 8.81. The molecule has 0 aliphatic carbocycles. The Morgan fingerprint density at radius 2 is 0.734 bits per heavy atom. The summed E-state index contributed by atoms with van der Waals surface area (Å²) in [5, 5.41) is 23.1. The van der Waals surface area contributed by atoms with E-state index in [1.807, 2.05) is 6.08 Å². The number of rotatable bonds is 53. The lowest BCUT2D eigenvalue weighted by atomic mass is 10.0. The Morgan fingerprint density at radius 3 is 1.11 bits per heavy atom. The van der Waals surface area contributed by atoms with Crippen molar-refractivity contribution in [3.05, 3.63) is 24.3 Å². The van der Waals surface area contributed by atoms with Crippen LogP contribution in [-0.4, -0.2) is 47.4 Å². The highest BCUT2D eigenvalue weighted by Gasteiger charge is 2.18. The lowest BCUT2D eigenvalue weighted by Gasteiger charge is -2.20. The van der Waals surface area contributed by atoms with Crippen molar-refractivity contribution in [3.8, 4) is 0 Å². The average molecular weight is 903 g/mol. The van der Waals surface area contributed by atoms with Crippen molar-refractivity contribution in [1.82, 2.24) is 5.32 Å². The van der Waals surface area contributed by atoms with Gasteiger partial charge in [0, 0.05) is 12.8 Å². The number of aliphatic hydroxyl groups excluding tert-OH is 2. The Morgan fingerprint density at radius 1 is 0.422 bits per heavy atom. The molecule has 3 N–H and O–H groups in total. The molecule has 0 spiro atoms. The molecule has 0 saturated heterocycles. The maximum absolute atomic E-state index is 12.4. The lowest BCUT2D eigenvalue weighted by molar-refractivity contribution is -0.143. The fourth-order valence-corrected chi connectivity index (χ4v) is 8.81. The normalized spacial score (nSPS) is 12.8. The molecule has 6 heteroatoms. The van der Waals surface area contributed by atoms with Gasteiger partial charge in [-0.05, 0) is 57.8 Å². The van der Waals surface area contributed by atoms with Crippen molar-refractivity contribution in [2.75, 3.05) is 13.2 Å². The minimum atomic E-state index is -0.847. The predicted molar refractivity (Wildman–Crippen MR) is 278 cm³/mol. The Hall–Kier alpha value is -1.66. The van der Waals surface area contributed by atoms with Gasteiger partial charge in [-0.2, -0.15) is 0 Å². The summed E-state index contributed by atoms with van der Waals surface area (Å²) in [6.45, 7) is 4.89. The number of ether oxygens (including phenoxy) is 1. The number of amides is 1. The highest BCUT2D eigenvalue weighted by Crippen LogP contribution is 2.17. The second kappa shape index (κ2) is 54.0. The molecule has 0 radical (unpaired) electrons. The Kier molecular flexibility index (Phi) is 52.6. The number of hydrogen-bond donors (Lipinski definition) is 3. The van der Waals surface area contributed by atoms with Gasteiger partial charge < -0.3 is 20.3 Å². The smallest absolute Gasteiger partial charge is 0.305 e. The number of esters is 1. The van der Waals surface area contributed by atoms with Crippen LogP contribution in [0, 0.1) is 0 Å². The first-order valence-corrected chi connectivity index (χ1v) is 28.6. The number of hydrogen-bond acceptors (Lipinski definition) is 5. The number of carbonyl (C=O) groups excluding carboxylic acids is 2. The van der Waals surface area contributed by atoms with E-state index < -0.39 is 12.1 Å². The van der Waals surface area contributed by atoms with E-state index in [2.05, 4.69) is 31.3 Å². The van der Waals surface area contributed by atoms with Gasteiger partial charge in [-0.25, -0.2) is 0 Å². The molecule has 0 bridgehead atoms. The maximum Gasteiger partial charge on any atom is 0.305 e. The Balaban J connectivity index is 3.43. The zero-order chi connectivity index (χ0) is 46.5. The van der Waals surface area contributed by atoms with Gasteiger partial charge in [-0.3, -0.25) is 9.59 Å². The van der Waals surface area contributed by atoms with Crippen LogP contribution in [-0.2, 0) is 14.3 Å². The minimum absolute atomic E-state index is 0.00198. The van der Waals surface area contributed by atoms with E-state index in [9.17, 15) is 19.8 Å². The molecule has 378 valence electrons. The van der Waals surface area contributed by atoms with Gasteiger partial charge in [0.15, 0.2) is 0 Å². The van der Waals surface area contributed by atoms with Gasteiger partial charge in [-0.15, -0.1) is 0 Å². The summed E-state index contributed by atoms with van der Waals surface area (Å²) in [4.78, 5) is 24.5. The molecule has 0 aromatic rings. The third-order valence-electron chi connectivity index (χ3n) is 13.2. The van der Waals surface area contributed by atoms with E-state index in [1.54, 1.807) is 6.08 Å². The summed E-state index contributed by atoms with van der Waals surface area (Å²) in [5.74, 6) is -0.0730. The molecule has 0 saturated carbocycles. The topological polar surface area (TPSA) is 95.9 Å². The molecule has 0 heterocycles. The molecule has 0 aliphatic rings. The molecule has 0 fully saturated rings. The van der Waals surface area contributed by atoms with E-state index in [-0.39, 0.29) is 18.5 Å². The maximum atomic E-state index is 12.4. The van der Waals surface area contributed by atoms with Crippen LogP contribution in [0.15, 0.2) is 24.3 Å². The van der Waals surface area contributed by atoms with Crippen LogP contribution in [0.5, 0.6) is 0 Å². The van der Waals surface area contributed by atoms with E-state index in [0.29, 0.717) is 19.4 Å². The monoisotopic (exact) mass is 902 g/mol. The predicted octanol–water partition coefficient (Wildman–Crippen LogP) is 17.5. The highest BCUT2D eigenvalue weighted by atomic mass is 16.5. The van der Waals surface area contributed by atoms with Crippen LogP contribution in [0.25, 0.3) is 0 Å². The van der Waals surface area contributed by atoms with Crippen molar-refractivity contribution in [2.24, 2.45) is 0 Å². The Bertz CT molecular complexity index is 997. The van der Waals surface area contributed by atoms with E-state index in [1.165, 1.54) is 238 Å². The first kappa shape index (κ1) is 62.3. The van der Waals surface area contributed by atoms with Gasteiger partial charge in [0.25, 0.3) is 0 Å². The molecule has 6 nitrogen and oxygen atoms in total. The number of carbonyl (C=O) groups is 2. The molecule has 0 aromatic heterocycles. The van der Waals surface area contributed by atoms with Crippen LogP contribution in [0.4, 0.5) is 0 Å². The summed E-state index contributed by atoms with van der Waals surface area (Å²) in [6.07, 6.45) is 64.8. The molecular weight excluding hydrogens is 791 g/mol. The molecule has 0 aromatic carbocycles. The summed E-state index contributed by atoms with van der Waals surface area (Å²) in [7, 11) is 0. The second-order valence-electron chi connectivity index (χ2n) is 19.6. The second-order valence-corrected chi connectivity index (χ2v) is 19.6. The van der Waals surface area contributed by atoms with Crippen molar-refractivity contribution in [2.45, 2.75) is 321 Å². The number of nitrogens with one attached hydrogen (secondary N) is 1. The zero-order valence-corrected chi connectivity index (χ0v) is 43.0. The molecule has 64 heavy (non-hydrogen) atoms. The summed E-state index contributed by atoms with van der Waals surface area (Å²) >= 11 is 0. The standard InChI is InChI=1S/C58H111NO5/c1-3-5-7-9-11-13-15-17-23-26-30-34-38-42-46-50-56(61)55(54-60)59-57(62)51-47-43-39-35-31-27-24-21-19-20-22-25-29-33-37-41-45-49-53-64-58(63)52-48-44-40-36-32-28-18-16-14-12-10-8-6-4-2/h16,18,46,50,55-56,60-61H,3-15,17,19-45,47-49,51-54H2,1-2H3,(H,59,62)/b18-16-,50-46+. The van der Waals surface area contributed by atoms with Crippen LogP contribution in [0.1, 0.15) is 309 Å². The lowest BCUT2D eigenvalue weighted by Crippen LogP contribution is -2.45. The average Bonchev–Trinajstić information content (AvgIpc) is 3.29. The first-order valence-electron chi connectivity index (χ1n) is 28.6. The minimum Gasteiger partial charge on any atom is -0.466 e. The summed E-state index contributed by atoms with van der Waals surface area (Å²) in [6, 6.07) is -0.630. The van der Waals surface area contributed by atoms with Crippen LogP contribution in [0.3, 0.4) is 0 Å². The molecular formula is C58H111NO5. The van der Waals surface area contributed by atoms with Crippen LogP contribution < -0.4 is 5.32 Å². The van der Waals surface area contributed by atoms with Crippen molar-refractivity contribution < 1.29 is 24.5 Å². The molecule has 2 unspecified atom stereocenters. The van der Waals surface area contributed by atoms with Crippen molar-refractivity contribution in [1.29, 1.82) is 0 Å². The van der Waals surface area contributed by atoms with Crippen LogP contribution in [0.2, 0.25) is 0 Å². The SMILES string of the molecule is CCCCCCC/C=C\CCCCCCCC(=O)OCCCCCCCCCCCCCCCCCCCCC(=O)NC(CO)C(O)/C=C/CCCCCCCCCCCCCCC. The Labute approximate surface area is 399 Å². The van der Waals surface area contributed by atoms with Gasteiger partial charge in [0.05, 0.1) is 25.4 Å². The number of allylic oxidation sites excluding steroid dienone is 3. The number of unbranched alkanes of at least 4 members (excludes halogenated alkanes) is 40. The van der Waals surface area contributed by atoms with Gasteiger partial charge in [0.1, 0.15) is 0 Å². The van der Waals surface area contributed by atoms with Gasteiger partial charge in [0.2, 0.25) is 5.91 Å². The third kappa shape index (κ3) is 49.8. The van der Waals surface area contributed by atoms with Gasteiger partial charge in [-0.1, -0.05) is 263 Å². The summed E-state index contributed by atoms with van der Waals surface area (Å²) in [5.41, 5.74) is 0. The van der Waals surface area contributed by atoms with Gasteiger partial charge >= 0.3 is 5.97 Å². The first-order chi connectivity index (χ1) is 31.5. The van der Waals surface area contributed by atoms with E-state index in [4.69, 9.17) is 4.74 Å². The molecule has 2 atom stereocenters. The number of aliphatic hydroxyl groups is 2. The van der Waals surface area contributed by atoms with E-state index in [0.717, 1.165) is 44.9 Å². The quantitative estimate of drug-likeness (QED) is 0.0321. The third-order valence-corrected chi connectivity index (χ3v) is 13.2. The van der Waals surface area contributed by atoms with E-state index >= 15 is 0 Å². The highest BCUT2D eigenvalue weighted by molar-refractivity contribution is 5.76. The van der Waals surface area contributed by atoms with Crippen molar-refractivity contribution in [3.63, 3.8) is 0 Å². The van der Waals surface area contributed by atoms with Crippen LogP contribution >= 0.6 is 0 Å². The largest absolute Gasteiger partial charge is 0.466 e.